The molecular formula is C14H21NO. The highest BCUT2D eigenvalue weighted by atomic mass is 16.1. The molecule has 2 heteroatoms. The summed E-state index contributed by atoms with van der Waals surface area (Å²) in [6.07, 6.45) is 2.63. The molecular weight excluding hydrogens is 198 g/mol. The van der Waals surface area contributed by atoms with E-state index in [9.17, 15) is 4.79 Å². The fraction of sp³-hybridized carbons (Fsp3) is 0.500. The van der Waals surface area contributed by atoms with Crippen LogP contribution in [0.4, 0.5) is 5.69 Å². The summed E-state index contributed by atoms with van der Waals surface area (Å²) in [4.78, 5) is 11.6. The molecule has 1 aromatic carbocycles. The molecule has 0 atom stereocenters. The zero-order valence-electron chi connectivity index (χ0n) is 10.4. The van der Waals surface area contributed by atoms with Gasteiger partial charge in [0.1, 0.15) is 0 Å². The standard InChI is InChI=1S/C14H21NO/c1-14(2,3)11-7-10-13(16)15-12-8-5-4-6-9-12/h4-6,8-9H,7,10-11H2,1-3H3,(H,15,16). The lowest BCUT2D eigenvalue weighted by Crippen LogP contribution is -2.13. The summed E-state index contributed by atoms with van der Waals surface area (Å²) in [6.45, 7) is 6.59. The van der Waals surface area contributed by atoms with E-state index in [1.807, 2.05) is 30.3 Å². The first-order valence-corrected chi connectivity index (χ1v) is 5.82. The summed E-state index contributed by atoms with van der Waals surface area (Å²) in [5, 5.41) is 2.89. The van der Waals surface area contributed by atoms with Gasteiger partial charge in [0.2, 0.25) is 5.91 Å². The molecule has 88 valence electrons. The maximum absolute atomic E-state index is 11.6. The third-order valence-electron chi connectivity index (χ3n) is 2.39. The van der Waals surface area contributed by atoms with Gasteiger partial charge in [0.15, 0.2) is 0 Å². The van der Waals surface area contributed by atoms with E-state index in [1.54, 1.807) is 0 Å². The molecule has 0 fully saturated rings. The lowest BCUT2D eigenvalue weighted by molar-refractivity contribution is -0.116. The topological polar surface area (TPSA) is 29.1 Å². The Morgan fingerprint density at radius 2 is 1.81 bits per heavy atom. The van der Waals surface area contributed by atoms with Gasteiger partial charge in [0.25, 0.3) is 0 Å². The van der Waals surface area contributed by atoms with E-state index >= 15 is 0 Å². The number of para-hydroxylation sites is 1. The van der Waals surface area contributed by atoms with Crippen molar-refractivity contribution in [2.45, 2.75) is 40.0 Å². The van der Waals surface area contributed by atoms with Crippen molar-refractivity contribution in [2.75, 3.05) is 5.32 Å². The Kier molecular flexibility index (Phi) is 4.53. The van der Waals surface area contributed by atoms with Gasteiger partial charge in [-0.3, -0.25) is 4.79 Å². The third-order valence-corrected chi connectivity index (χ3v) is 2.39. The van der Waals surface area contributed by atoms with Gasteiger partial charge in [-0.25, -0.2) is 0 Å². The van der Waals surface area contributed by atoms with E-state index in [2.05, 4.69) is 26.1 Å². The van der Waals surface area contributed by atoms with Crippen LogP contribution in [0.1, 0.15) is 40.0 Å². The largest absolute Gasteiger partial charge is 0.326 e. The highest BCUT2D eigenvalue weighted by molar-refractivity contribution is 5.90. The quantitative estimate of drug-likeness (QED) is 0.819. The number of benzene rings is 1. The third kappa shape index (κ3) is 5.54. The van der Waals surface area contributed by atoms with Crippen LogP contribution in [0, 0.1) is 5.41 Å². The summed E-state index contributed by atoms with van der Waals surface area (Å²) in [5.41, 5.74) is 1.19. The Morgan fingerprint density at radius 3 is 2.38 bits per heavy atom. The van der Waals surface area contributed by atoms with Crippen LogP contribution in [0.5, 0.6) is 0 Å². The molecule has 0 aliphatic heterocycles. The van der Waals surface area contributed by atoms with Gasteiger partial charge < -0.3 is 5.32 Å². The van der Waals surface area contributed by atoms with E-state index in [1.165, 1.54) is 0 Å². The average Bonchev–Trinajstić information content (AvgIpc) is 2.17. The zero-order valence-corrected chi connectivity index (χ0v) is 10.4. The van der Waals surface area contributed by atoms with Crippen molar-refractivity contribution in [3.63, 3.8) is 0 Å². The number of carbonyl (C=O) groups excluding carboxylic acids is 1. The molecule has 0 aliphatic carbocycles. The second kappa shape index (κ2) is 5.69. The minimum Gasteiger partial charge on any atom is -0.326 e. The number of hydrogen-bond donors (Lipinski definition) is 1. The van der Waals surface area contributed by atoms with Gasteiger partial charge in [-0.05, 0) is 30.4 Å². The van der Waals surface area contributed by atoms with Crippen LogP contribution in [0.2, 0.25) is 0 Å². The van der Waals surface area contributed by atoms with E-state index < -0.39 is 0 Å². The first kappa shape index (κ1) is 12.8. The van der Waals surface area contributed by atoms with Crippen LogP contribution >= 0.6 is 0 Å². The van der Waals surface area contributed by atoms with E-state index in [0.29, 0.717) is 11.8 Å². The van der Waals surface area contributed by atoms with Gasteiger partial charge in [0, 0.05) is 12.1 Å². The fourth-order valence-electron chi connectivity index (χ4n) is 1.52. The van der Waals surface area contributed by atoms with Gasteiger partial charge in [-0.15, -0.1) is 0 Å². The molecule has 0 aliphatic rings. The number of carbonyl (C=O) groups is 1. The van der Waals surface area contributed by atoms with Crippen molar-refractivity contribution in [2.24, 2.45) is 5.41 Å². The minimum atomic E-state index is 0.107. The normalized spacial score (nSPS) is 11.2. The lowest BCUT2D eigenvalue weighted by atomic mass is 9.90. The fourth-order valence-corrected chi connectivity index (χ4v) is 1.52. The Labute approximate surface area is 98.1 Å². The monoisotopic (exact) mass is 219 g/mol. The maximum atomic E-state index is 11.6. The summed E-state index contributed by atoms with van der Waals surface area (Å²) >= 11 is 0. The Bertz CT molecular complexity index is 324. The molecule has 0 saturated carbocycles. The Morgan fingerprint density at radius 1 is 1.19 bits per heavy atom. The maximum Gasteiger partial charge on any atom is 0.224 e. The van der Waals surface area contributed by atoms with Gasteiger partial charge in [-0.1, -0.05) is 39.0 Å². The number of nitrogens with one attached hydrogen (secondary N) is 1. The molecule has 0 bridgehead atoms. The van der Waals surface area contributed by atoms with Crippen molar-refractivity contribution < 1.29 is 4.79 Å². The van der Waals surface area contributed by atoms with Crippen LogP contribution in [0.15, 0.2) is 30.3 Å². The van der Waals surface area contributed by atoms with E-state index in [4.69, 9.17) is 0 Å². The second-order valence-electron chi connectivity index (χ2n) is 5.33. The molecule has 1 rings (SSSR count). The van der Waals surface area contributed by atoms with Crippen molar-refractivity contribution >= 4 is 11.6 Å². The second-order valence-corrected chi connectivity index (χ2v) is 5.33. The predicted molar refractivity (Wildman–Crippen MR) is 68.4 cm³/mol. The molecule has 1 N–H and O–H groups in total. The molecule has 1 amide bonds. The molecule has 0 spiro atoms. The summed E-state index contributed by atoms with van der Waals surface area (Å²) in [6, 6.07) is 9.59. The average molecular weight is 219 g/mol. The highest BCUT2D eigenvalue weighted by Gasteiger charge is 2.10. The predicted octanol–water partition coefficient (Wildman–Crippen LogP) is 3.84. The van der Waals surface area contributed by atoms with E-state index in [0.717, 1.165) is 18.5 Å². The molecule has 2 nitrogen and oxygen atoms in total. The van der Waals surface area contributed by atoms with Crippen LogP contribution in [-0.4, -0.2) is 5.91 Å². The van der Waals surface area contributed by atoms with Crippen molar-refractivity contribution in [1.82, 2.24) is 0 Å². The molecule has 16 heavy (non-hydrogen) atoms. The first-order valence-electron chi connectivity index (χ1n) is 5.82. The van der Waals surface area contributed by atoms with Crippen LogP contribution in [0.25, 0.3) is 0 Å². The number of rotatable bonds is 4. The molecule has 0 saturated heterocycles. The zero-order chi connectivity index (χ0) is 12.0. The summed E-state index contributed by atoms with van der Waals surface area (Å²) < 4.78 is 0. The summed E-state index contributed by atoms with van der Waals surface area (Å²) in [5.74, 6) is 0.107. The Balaban J connectivity index is 2.27. The molecule has 0 heterocycles. The number of amides is 1. The highest BCUT2D eigenvalue weighted by Crippen LogP contribution is 2.21. The summed E-state index contributed by atoms with van der Waals surface area (Å²) in [7, 11) is 0. The van der Waals surface area contributed by atoms with Crippen molar-refractivity contribution in [3.8, 4) is 0 Å². The van der Waals surface area contributed by atoms with Crippen LogP contribution in [-0.2, 0) is 4.79 Å². The van der Waals surface area contributed by atoms with Gasteiger partial charge >= 0.3 is 0 Å². The molecule has 0 radical (unpaired) electrons. The van der Waals surface area contributed by atoms with Crippen LogP contribution in [0.3, 0.4) is 0 Å². The minimum absolute atomic E-state index is 0.107. The molecule has 0 aromatic heterocycles. The van der Waals surface area contributed by atoms with Crippen molar-refractivity contribution in [3.05, 3.63) is 30.3 Å². The first-order chi connectivity index (χ1) is 7.47. The number of anilines is 1. The molecule has 0 unspecified atom stereocenters. The van der Waals surface area contributed by atoms with Gasteiger partial charge in [-0.2, -0.15) is 0 Å². The van der Waals surface area contributed by atoms with Crippen molar-refractivity contribution in [1.29, 1.82) is 0 Å². The lowest BCUT2D eigenvalue weighted by Gasteiger charge is -2.17. The van der Waals surface area contributed by atoms with E-state index in [-0.39, 0.29) is 5.91 Å². The van der Waals surface area contributed by atoms with Crippen LogP contribution < -0.4 is 5.32 Å². The van der Waals surface area contributed by atoms with Gasteiger partial charge in [0.05, 0.1) is 0 Å². The Hall–Kier alpha value is -1.31. The smallest absolute Gasteiger partial charge is 0.224 e. The SMILES string of the molecule is CC(C)(C)CCCC(=O)Nc1ccccc1. The number of hydrogen-bond acceptors (Lipinski definition) is 1. The molecule has 1 aromatic rings.